The van der Waals surface area contributed by atoms with Crippen LogP contribution in [0, 0.1) is 11.3 Å². The molecule has 0 aromatic heterocycles. The first-order valence-electron chi connectivity index (χ1n) is 13.4. The van der Waals surface area contributed by atoms with Gasteiger partial charge in [0, 0.05) is 11.3 Å². The van der Waals surface area contributed by atoms with Gasteiger partial charge in [-0.25, -0.2) is 0 Å². The van der Waals surface area contributed by atoms with E-state index in [0.717, 1.165) is 11.1 Å². The summed E-state index contributed by atoms with van der Waals surface area (Å²) in [4.78, 5) is 12.8. The van der Waals surface area contributed by atoms with E-state index in [9.17, 15) is 10.1 Å². The standard InChI is InChI=1S/C34H32N2O5/c1-3-38-30-17-15-29(16-18-30)36-34(37)28(22-35)21-27-12-8-9-13-31(27)40-24-26-14-19-32(33(20-26)39-4-2)41-23-25-10-6-5-7-11-25/h5-21H,3-4,23-24H2,1-2H3,(H,36,37)/b28-21+. The third-order valence-corrected chi connectivity index (χ3v) is 5.95. The van der Waals surface area contributed by atoms with Gasteiger partial charge in [-0.1, -0.05) is 54.6 Å². The van der Waals surface area contributed by atoms with E-state index in [2.05, 4.69) is 5.32 Å². The Morgan fingerprint density at radius 1 is 0.732 bits per heavy atom. The highest BCUT2D eigenvalue weighted by Crippen LogP contribution is 2.30. The van der Waals surface area contributed by atoms with Crippen LogP contribution < -0.4 is 24.3 Å². The van der Waals surface area contributed by atoms with Crippen molar-refractivity contribution < 1.29 is 23.7 Å². The number of nitrogens with one attached hydrogen (secondary N) is 1. The lowest BCUT2D eigenvalue weighted by molar-refractivity contribution is -0.112. The van der Waals surface area contributed by atoms with Gasteiger partial charge in [0.2, 0.25) is 0 Å². The summed E-state index contributed by atoms with van der Waals surface area (Å²) < 4.78 is 23.4. The molecule has 0 saturated heterocycles. The van der Waals surface area contributed by atoms with Gasteiger partial charge >= 0.3 is 0 Å². The van der Waals surface area contributed by atoms with Gasteiger partial charge in [0.15, 0.2) is 11.5 Å². The summed E-state index contributed by atoms with van der Waals surface area (Å²) in [6.45, 7) is 5.56. The minimum Gasteiger partial charge on any atom is -0.494 e. The lowest BCUT2D eigenvalue weighted by Crippen LogP contribution is -2.13. The van der Waals surface area contributed by atoms with Gasteiger partial charge in [0.1, 0.15) is 36.4 Å². The summed E-state index contributed by atoms with van der Waals surface area (Å²) >= 11 is 0. The second kappa shape index (κ2) is 14.8. The SMILES string of the molecule is CCOc1ccc(NC(=O)/C(C#N)=C/c2ccccc2OCc2ccc(OCc3ccccc3)c(OCC)c2)cc1. The minimum atomic E-state index is -0.515. The van der Waals surface area contributed by atoms with Crippen LogP contribution in [0.3, 0.4) is 0 Å². The number of carbonyl (C=O) groups excluding carboxylic acids is 1. The molecule has 0 atom stereocenters. The molecule has 4 aromatic rings. The molecule has 7 heteroatoms. The van der Waals surface area contributed by atoms with Gasteiger partial charge in [-0.05, 0) is 73.5 Å². The monoisotopic (exact) mass is 548 g/mol. The summed E-state index contributed by atoms with van der Waals surface area (Å²) in [5.74, 6) is 2.01. The number of benzene rings is 4. The number of nitrogens with zero attached hydrogens (tertiary/aromatic N) is 1. The highest BCUT2D eigenvalue weighted by Gasteiger charge is 2.13. The molecule has 0 radical (unpaired) electrons. The molecule has 0 aliphatic heterocycles. The fraction of sp³-hybridized carbons (Fsp3) is 0.176. The first-order chi connectivity index (χ1) is 20.1. The van der Waals surface area contributed by atoms with E-state index < -0.39 is 5.91 Å². The molecule has 0 aliphatic rings. The average Bonchev–Trinajstić information content (AvgIpc) is 3.00. The Balaban J connectivity index is 1.44. The van der Waals surface area contributed by atoms with Crippen LogP contribution in [-0.4, -0.2) is 19.1 Å². The summed E-state index contributed by atoms with van der Waals surface area (Å²) in [6.07, 6.45) is 1.52. The van der Waals surface area contributed by atoms with E-state index in [4.69, 9.17) is 18.9 Å². The summed E-state index contributed by atoms with van der Waals surface area (Å²) in [7, 11) is 0. The number of para-hydroxylation sites is 1. The van der Waals surface area contributed by atoms with E-state index >= 15 is 0 Å². The van der Waals surface area contributed by atoms with Crippen LogP contribution in [0.1, 0.15) is 30.5 Å². The van der Waals surface area contributed by atoms with Crippen LogP contribution in [-0.2, 0) is 18.0 Å². The summed E-state index contributed by atoms with van der Waals surface area (Å²) in [5, 5.41) is 12.5. The summed E-state index contributed by atoms with van der Waals surface area (Å²) in [5.41, 5.74) is 3.07. The molecule has 0 aliphatic carbocycles. The fourth-order valence-electron chi connectivity index (χ4n) is 3.96. The number of hydrogen-bond acceptors (Lipinski definition) is 6. The zero-order chi connectivity index (χ0) is 28.9. The maximum Gasteiger partial charge on any atom is 0.266 e. The number of hydrogen-bond donors (Lipinski definition) is 1. The van der Waals surface area contributed by atoms with E-state index in [0.29, 0.717) is 54.1 Å². The zero-order valence-corrected chi connectivity index (χ0v) is 23.1. The van der Waals surface area contributed by atoms with Crippen LogP contribution in [0.15, 0.2) is 103 Å². The number of ether oxygens (including phenoxy) is 4. The Morgan fingerprint density at radius 2 is 1.41 bits per heavy atom. The maximum atomic E-state index is 12.8. The van der Waals surface area contributed by atoms with Gasteiger partial charge in [0.05, 0.1) is 13.2 Å². The third-order valence-electron chi connectivity index (χ3n) is 5.95. The van der Waals surface area contributed by atoms with E-state index in [1.165, 1.54) is 6.08 Å². The van der Waals surface area contributed by atoms with Crippen LogP contribution in [0.4, 0.5) is 5.69 Å². The van der Waals surface area contributed by atoms with Crippen molar-refractivity contribution in [2.75, 3.05) is 18.5 Å². The first-order valence-corrected chi connectivity index (χ1v) is 13.4. The quantitative estimate of drug-likeness (QED) is 0.141. The largest absolute Gasteiger partial charge is 0.494 e. The Labute approximate surface area is 240 Å². The molecule has 0 unspecified atom stereocenters. The van der Waals surface area contributed by atoms with Gasteiger partial charge < -0.3 is 24.3 Å². The average molecular weight is 549 g/mol. The first kappa shape index (κ1) is 28.8. The predicted octanol–water partition coefficient (Wildman–Crippen LogP) is 7.19. The van der Waals surface area contributed by atoms with Crippen molar-refractivity contribution in [2.45, 2.75) is 27.1 Å². The molecule has 4 rings (SSSR count). The maximum absolute atomic E-state index is 12.8. The number of rotatable bonds is 13. The van der Waals surface area contributed by atoms with Gasteiger partial charge in [-0.15, -0.1) is 0 Å². The van der Waals surface area contributed by atoms with Gasteiger partial charge in [-0.3, -0.25) is 4.79 Å². The van der Waals surface area contributed by atoms with Crippen LogP contribution in [0.25, 0.3) is 6.08 Å². The Bertz CT molecular complexity index is 1510. The molecule has 7 nitrogen and oxygen atoms in total. The van der Waals surface area contributed by atoms with Crippen molar-refractivity contribution in [1.29, 1.82) is 5.26 Å². The van der Waals surface area contributed by atoms with Crippen molar-refractivity contribution in [3.8, 4) is 29.1 Å². The van der Waals surface area contributed by atoms with E-state index in [-0.39, 0.29) is 12.2 Å². The molecular formula is C34H32N2O5. The molecule has 0 spiro atoms. The van der Waals surface area contributed by atoms with Crippen LogP contribution in [0.5, 0.6) is 23.0 Å². The topological polar surface area (TPSA) is 89.8 Å². The van der Waals surface area contributed by atoms with Crippen molar-refractivity contribution in [1.82, 2.24) is 0 Å². The smallest absolute Gasteiger partial charge is 0.266 e. The number of nitriles is 1. The van der Waals surface area contributed by atoms with Crippen molar-refractivity contribution in [3.63, 3.8) is 0 Å². The highest BCUT2D eigenvalue weighted by atomic mass is 16.5. The molecule has 1 amide bonds. The Hall–Kier alpha value is -5.22. The van der Waals surface area contributed by atoms with Crippen molar-refractivity contribution in [3.05, 3.63) is 119 Å². The zero-order valence-electron chi connectivity index (χ0n) is 23.1. The molecule has 1 N–H and O–H groups in total. The Kier molecular flexibility index (Phi) is 10.4. The normalized spacial score (nSPS) is 10.8. The second-order valence-electron chi connectivity index (χ2n) is 8.90. The van der Waals surface area contributed by atoms with Crippen LogP contribution >= 0.6 is 0 Å². The third kappa shape index (κ3) is 8.38. The predicted molar refractivity (Wildman–Crippen MR) is 159 cm³/mol. The van der Waals surface area contributed by atoms with E-state index in [1.54, 1.807) is 36.4 Å². The lowest BCUT2D eigenvalue weighted by Gasteiger charge is -2.15. The molecule has 208 valence electrons. The van der Waals surface area contributed by atoms with Crippen LogP contribution in [0.2, 0.25) is 0 Å². The molecule has 0 fully saturated rings. The molecule has 0 saturated carbocycles. The fourth-order valence-corrected chi connectivity index (χ4v) is 3.96. The Morgan fingerprint density at radius 3 is 2.15 bits per heavy atom. The number of anilines is 1. The second-order valence-corrected chi connectivity index (χ2v) is 8.90. The van der Waals surface area contributed by atoms with Gasteiger partial charge in [0.25, 0.3) is 5.91 Å². The van der Waals surface area contributed by atoms with Gasteiger partial charge in [-0.2, -0.15) is 5.26 Å². The molecule has 0 bridgehead atoms. The highest BCUT2D eigenvalue weighted by molar-refractivity contribution is 6.09. The molecular weight excluding hydrogens is 516 g/mol. The van der Waals surface area contributed by atoms with Crippen molar-refractivity contribution >= 4 is 17.7 Å². The minimum absolute atomic E-state index is 0.0477. The molecule has 4 aromatic carbocycles. The van der Waals surface area contributed by atoms with E-state index in [1.807, 2.05) is 80.6 Å². The van der Waals surface area contributed by atoms with Crippen molar-refractivity contribution in [2.24, 2.45) is 0 Å². The molecule has 41 heavy (non-hydrogen) atoms. The summed E-state index contributed by atoms with van der Waals surface area (Å²) in [6, 6.07) is 31.9. The lowest BCUT2D eigenvalue weighted by atomic mass is 10.1. The number of amides is 1. The molecule has 0 heterocycles. The number of carbonyl (C=O) groups is 1.